The lowest BCUT2D eigenvalue weighted by Gasteiger charge is -2.08. The van der Waals surface area contributed by atoms with Crippen LogP contribution >= 0.6 is 11.3 Å². The van der Waals surface area contributed by atoms with Crippen molar-refractivity contribution >= 4 is 33.8 Å². The fourth-order valence-corrected chi connectivity index (χ4v) is 3.57. The molecule has 1 aliphatic rings. The van der Waals surface area contributed by atoms with Gasteiger partial charge in [0.1, 0.15) is 0 Å². The normalized spacial score (nSPS) is 16.8. The van der Waals surface area contributed by atoms with Gasteiger partial charge in [-0.2, -0.15) is 20.3 Å². The van der Waals surface area contributed by atoms with Gasteiger partial charge in [-0.1, -0.05) is 47.5 Å². The summed E-state index contributed by atoms with van der Waals surface area (Å²) in [5.41, 5.74) is 5.49. The Kier molecular flexibility index (Phi) is 4.83. The Morgan fingerprint density at radius 1 is 0.964 bits per heavy atom. The Hall–Kier alpha value is -3.19. The lowest BCUT2D eigenvalue weighted by molar-refractivity contribution is -0.117. The molecule has 0 spiro atoms. The predicted molar refractivity (Wildman–Crippen MR) is 112 cm³/mol. The van der Waals surface area contributed by atoms with Gasteiger partial charge in [0.25, 0.3) is 5.91 Å². The summed E-state index contributed by atoms with van der Waals surface area (Å²) in [5, 5.41) is 16.6. The Labute approximate surface area is 167 Å². The highest BCUT2D eigenvalue weighted by Gasteiger charge is 2.36. The van der Waals surface area contributed by atoms with Crippen LogP contribution in [0, 0.1) is 13.8 Å². The fraction of sp³-hybridized carbons (Fsp3) is 0.190. The molecule has 1 atom stereocenters. The van der Waals surface area contributed by atoms with Gasteiger partial charge in [-0.05, 0) is 32.9 Å². The van der Waals surface area contributed by atoms with Crippen LogP contribution in [0.15, 0.2) is 69.2 Å². The Bertz CT molecular complexity index is 1070. The highest BCUT2D eigenvalue weighted by molar-refractivity contribution is 7.14. The zero-order chi connectivity index (χ0) is 19.7. The number of carbonyl (C=O) groups is 1. The van der Waals surface area contributed by atoms with E-state index in [1.165, 1.54) is 21.9 Å². The van der Waals surface area contributed by atoms with Gasteiger partial charge in [0.2, 0.25) is 5.13 Å². The lowest BCUT2D eigenvalue weighted by Crippen LogP contribution is -2.29. The number of amides is 1. The Morgan fingerprint density at radius 2 is 1.61 bits per heavy atom. The van der Waals surface area contributed by atoms with E-state index in [-0.39, 0.29) is 5.91 Å². The molecule has 1 aliphatic heterocycles. The minimum absolute atomic E-state index is 0.238. The monoisotopic (exact) mass is 389 g/mol. The van der Waals surface area contributed by atoms with E-state index in [1.54, 1.807) is 6.92 Å². The van der Waals surface area contributed by atoms with E-state index >= 15 is 0 Å². The first-order valence-corrected chi connectivity index (χ1v) is 9.78. The number of benzene rings is 2. The summed E-state index contributed by atoms with van der Waals surface area (Å²) in [6.45, 7) is 5.84. The molecule has 0 saturated carbocycles. The molecule has 2 aromatic carbocycles. The molecule has 3 aromatic rings. The number of azo groups is 1. The van der Waals surface area contributed by atoms with Gasteiger partial charge in [-0.3, -0.25) is 4.79 Å². The van der Waals surface area contributed by atoms with Crippen LogP contribution in [0.5, 0.6) is 0 Å². The van der Waals surface area contributed by atoms with E-state index in [4.69, 9.17) is 0 Å². The standard InChI is InChI=1S/C21H19N5OS/c1-13-4-8-16(9-5-13)18-12-28-21(22-18)26-20(27)19(15(3)25-26)24-23-17-10-6-14(2)7-11-17/h4-12,19H,1-3H3/t19-/m0/s1. The van der Waals surface area contributed by atoms with E-state index in [0.717, 1.165) is 16.8 Å². The van der Waals surface area contributed by atoms with E-state index in [9.17, 15) is 4.79 Å². The zero-order valence-corrected chi connectivity index (χ0v) is 16.6. The predicted octanol–water partition coefficient (Wildman–Crippen LogP) is 5.30. The molecule has 4 rings (SSSR count). The zero-order valence-electron chi connectivity index (χ0n) is 15.8. The first-order chi connectivity index (χ1) is 13.5. The third kappa shape index (κ3) is 3.61. The van der Waals surface area contributed by atoms with Crippen LogP contribution in [0.4, 0.5) is 10.8 Å². The number of hydrogen-bond donors (Lipinski definition) is 0. The molecule has 0 N–H and O–H groups in total. The van der Waals surface area contributed by atoms with Crippen molar-refractivity contribution in [2.24, 2.45) is 15.3 Å². The fourth-order valence-electron chi connectivity index (χ4n) is 2.78. The Balaban J connectivity index is 1.53. The average Bonchev–Trinajstić information content (AvgIpc) is 3.27. The number of rotatable bonds is 4. The summed E-state index contributed by atoms with van der Waals surface area (Å²) in [4.78, 5) is 17.4. The van der Waals surface area contributed by atoms with Gasteiger partial charge in [0.15, 0.2) is 6.04 Å². The quantitative estimate of drug-likeness (QED) is 0.568. The van der Waals surface area contributed by atoms with Crippen LogP contribution < -0.4 is 5.01 Å². The molecule has 2 heterocycles. The molecular formula is C21H19N5OS. The third-order valence-electron chi connectivity index (χ3n) is 4.44. The lowest BCUT2D eigenvalue weighted by atomic mass is 10.1. The average molecular weight is 389 g/mol. The number of anilines is 1. The molecule has 1 amide bonds. The number of hydrogen-bond acceptors (Lipinski definition) is 6. The second-order valence-corrected chi connectivity index (χ2v) is 7.56. The van der Waals surface area contributed by atoms with Crippen molar-refractivity contribution in [2.45, 2.75) is 26.8 Å². The maximum absolute atomic E-state index is 12.8. The van der Waals surface area contributed by atoms with Crippen LogP contribution in [0.3, 0.4) is 0 Å². The second-order valence-electron chi connectivity index (χ2n) is 6.73. The van der Waals surface area contributed by atoms with Gasteiger partial charge in [0, 0.05) is 10.9 Å². The van der Waals surface area contributed by atoms with Gasteiger partial charge in [-0.15, -0.1) is 11.3 Å². The molecule has 1 aromatic heterocycles. The topological polar surface area (TPSA) is 70.3 Å². The number of aromatic nitrogens is 1. The SMILES string of the molecule is CC1=NN(c2nc(-c3ccc(C)cc3)cs2)C(=O)[C@H]1N=Nc1ccc(C)cc1. The summed E-state index contributed by atoms with van der Waals surface area (Å²) < 4.78 is 0. The van der Waals surface area contributed by atoms with Crippen molar-refractivity contribution in [3.05, 3.63) is 65.0 Å². The van der Waals surface area contributed by atoms with E-state index < -0.39 is 6.04 Å². The molecule has 0 saturated heterocycles. The maximum atomic E-state index is 12.8. The molecular weight excluding hydrogens is 370 g/mol. The molecule has 0 aliphatic carbocycles. The first-order valence-electron chi connectivity index (χ1n) is 8.90. The minimum atomic E-state index is -0.715. The summed E-state index contributed by atoms with van der Waals surface area (Å²) in [6.07, 6.45) is 0. The van der Waals surface area contributed by atoms with Crippen LogP contribution in [0.1, 0.15) is 18.1 Å². The van der Waals surface area contributed by atoms with Crippen molar-refractivity contribution in [3.8, 4) is 11.3 Å². The number of carbonyl (C=O) groups excluding carboxylic acids is 1. The van der Waals surface area contributed by atoms with E-state index in [2.05, 4.69) is 20.3 Å². The largest absolute Gasteiger partial charge is 0.282 e. The second kappa shape index (κ2) is 7.44. The number of aryl methyl sites for hydroxylation is 2. The molecule has 140 valence electrons. The van der Waals surface area contributed by atoms with Crippen molar-refractivity contribution in [1.29, 1.82) is 0 Å². The van der Waals surface area contributed by atoms with Crippen LogP contribution in [0.25, 0.3) is 11.3 Å². The van der Waals surface area contributed by atoms with E-state index in [1.807, 2.05) is 67.8 Å². The van der Waals surface area contributed by atoms with Crippen LogP contribution in [0.2, 0.25) is 0 Å². The number of thiazole rings is 1. The summed E-state index contributed by atoms with van der Waals surface area (Å²) >= 11 is 1.38. The highest BCUT2D eigenvalue weighted by Crippen LogP contribution is 2.30. The van der Waals surface area contributed by atoms with Crippen LogP contribution in [-0.2, 0) is 4.79 Å². The molecule has 0 bridgehead atoms. The van der Waals surface area contributed by atoms with Crippen molar-refractivity contribution in [2.75, 3.05) is 5.01 Å². The van der Waals surface area contributed by atoms with Gasteiger partial charge in [-0.25, -0.2) is 4.98 Å². The van der Waals surface area contributed by atoms with Gasteiger partial charge in [0.05, 0.1) is 17.1 Å². The van der Waals surface area contributed by atoms with Crippen molar-refractivity contribution in [1.82, 2.24) is 4.98 Å². The van der Waals surface area contributed by atoms with Gasteiger partial charge < -0.3 is 0 Å². The molecule has 6 nitrogen and oxygen atoms in total. The number of nitrogens with zero attached hydrogens (tertiary/aromatic N) is 5. The summed E-state index contributed by atoms with van der Waals surface area (Å²) in [7, 11) is 0. The van der Waals surface area contributed by atoms with E-state index in [0.29, 0.717) is 16.5 Å². The van der Waals surface area contributed by atoms with Crippen molar-refractivity contribution < 1.29 is 4.79 Å². The molecule has 28 heavy (non-hydrogen) atoms. The maximum Gasteiger partial charge on any atom is 0.282 e. The van der Waals surface area contributed by atoms with Gasteiger partial charge >= 0.3 is 0 Å². The molecule has 7 heteroatoms. The highest BCUT2D eigenvalue weighted by atomic mass is 32.1. The first kappa shape index (κ1) is 18.2. The smallest absolute Gasteiger partial charge is 0.269 e. The number of hydrazone groups is 1. The Morgan fingerprint density at radius 3 is 2.29 bits per heavy atom. The third-order valence-corrected chi connectivity index (χ3v) is 5.26. The molecule has 0 unspecified atom stereocenters. The molecule has 0 fully saturated rings. The minimum Gasteiger partial charge on any atom is -0.269 e. The summed E-state index contributed by atoms with van der Waals surface area (Å²) in [5.74, 6) is -0.238. The van der Waals surface area contributed by atoms with Crippen molar-refractivity contribution in [3.63, 3.8) is 0 Å². The van der Waals surface area contributed by atoms with Crippen LogP contribution in [-0.4, -0.2) is 22.6 Å². The summed E-state index contributed by atoms with van der Waals surface area (Å²) in [6, 6.07) is 15.1. The molecule has 0 radical (unpaired) electrons.